The third-order valence-electron chi connectivity index (χ3n) is 4.96. The lowest BCUT2D eigenvalue weighted by Gasteiger charge is -2.48. The molecule has 2 fully saturated rings. The van der Waals surface area contributed by atoms with Crippen molar-refractivity contribution in [3.05, 3.63) is 40.2 Å². The van der Waals surface area contributed by atoms with E-state index in [0.29, 0.717) is 0 Å². The lowest BCUT2D eigenvalue weighted by Crippen LogP contribution is -2.59. The summed E-state index contributed by atoms with van der Waals surface area (Å²) in [6, 6.07) is 4.02. The second-order valence-corrected chi connectivity index (χ2v) is 8.06. The molecule has 1 unspecified atom stereocenters. The molecular weight excluding hydrogens is 322 g/mol. The number of likely N-dealkylation sites (tertiary alicyclic amines) is 1. The van der Waals surface area contributed by atoms with Gasteiger partial charge in [0.05, 0.1) is 35.7 Å². The molecule has 0 N–H and O–H groups in total. The topological polar surface area (TPSA) is 41.7 Å². The minimum Gasteiger partial charge on any atom is -0.468 e. The average molecular weight is 347 g/mol. The van der Waals surface area contributed by atoms with Crippen LogP contribution in [0.25, 0.3) is 0 Å². The highest BCUT2D eigenvalue weighted by Crippen LogP contribution is 2.30. The fourth-order valence-corrected chi connectivity index (χ4v) is 4.57. The molecule has 0 amide bonds. The molecule has 24 heavy (non-hydrogen) atoms. The molecule has 2 aromatic heterocycles. The van der Waals surface area contributed by atoms with E-state index in [0.717, 1.165) is 63.1 Å². The molecule has 0 saturated carbocycles. The zero-order valence-electron chi connectivity index (χ0n) is 14.2. The van der Waals surface area contributed by atoms with Gasteiger partial charge in [-0.25, -0.2) is 4.98 Å². The predicted octanol–water partition coefficient (Wildman–Crippen LogP) is 2.91. The minimum absolute atomic E-state index is 0.0336. The van der Waals surface area contributed by atoms with E-state index in [9.17, 15) is 0 Å². The zero-order chi connectivity index (χ0) is 16.4. The number of rotatable bonds is 4. The van der Waals surface area contributed by atoms with E-state index in [1.165, 1.54) is 12.1 Å². The molecule has 0 aliphatic carbocycles. The number of aryl methyl sites for hydroxylation is 1. The molecule has 0 radical (unpaired) electrons. The van der Waals surface area contributed by atoms with Gasteiger partial charge in [0.15, 0.2) is 0 Å². The third-order valence-corrected chi connectivity index (χ3v) is 5.78. The Labute approximate surface area is 147 Å². The Kier molecular flexibility index (Phi) is 4.72. The van der Waals surface area contributed by atoms with Crippen molar-refractivity contribution in [2.75, 3.05) is 32.8 Å². The van der Waals surface area contributed by atoms with Gasteiger partial charge < -0.3 is 9.15 Å². The number of hydrogen-bond donors (Lipinski definition) is 0. The maximum Gasteiger partial charge on any atom is 0.117 e. The van der Waals surface area contributed by atoms with Crippen molar-refractivity contribution < 1.29 is 9.15 Å². The van der Waals surface area contributed by atoms with E-state index in [-0.39, 0.29) is 5.60 Å². The molecule has 2 aliphatic heterocycles. The largest absolute Gasteiger partial charge is 0.468 e. The van der Waals surface area contributed by atoms with Crippen LogP contribution in [0.4, 0.5) is 0 Å². The molecule has 4 rings (SSSR count). The number of aromatic nitrogens is 1. The normalized spacial score (nSPS) is 26.2. The summed E-state index contributed by atoms with van der Waals surface area (Å²) < 4.78 is 11.8. The lowest BCUT2D eigenvalue weighted by molar-refractivity contribution is -0.143. The Morgan fingerprint density at radius 2 is 2.12 bits per heavy atom. The van der Waals surface area contributed by atoms with Crippen LogP contribution in [0.1, 0.15) is 29.3 Å². The Bertz CT molecular complexity index is 653. The molecule has 5 nitrogen and oxygen atoms in total. The van der Waals surface area contributed by atoms with Crippen molar-refractivity contribution in [1.29, 1.82) is 0 Å². The van der Waals surface area contributed by atoms with Gasteiger partial charge in [0.25, 0.3) is 0 Å². The molecule has 130 valence electrons. The molecule has 1 atom stereocenters. The smallest absolute Gasteiger partial charge is 0.117 e. The SMILES string of the molecule is Cc1nc(CN2CCCC3(C2)CN(Cc2ccco2)CCO3)cs1. The van der Waals surface area contributed by atoms with Crippen molar-refractivity contribution in [3.8, 4) is 0 Å². The highest BCUT2D eigenvalue weighted by molar-refractivity contribution is 7.09. The molecule has 2 aliphatic rings. The molecule has 4 heterocycles. The molecule has 1 spiro atoms. The molecule has 2 saturated heterocycles. The lowest BCUT2D eigenvalue weighted by atomic mass is 9.90. The van der Waals surface area contributed by atoms with Crippen LogP contribution in [-0.4, -0.2) is 53.2 Å². The first-order valence-corrected chi connectivity index (χ1v) is 9.61. The van der Waals surface area contributed by atoms with E-state index in [2.05, 4.69) is 33.2 Å². The first-order valence-electron chi connectivity index (χ1n) is 8.73. The molecule has 6 heteroatoms. The van der Waals surface area contributed by atoms with E-state index < -0.39 is 0 Å². The Balaban J connectivity index is 1.39. The van der Waals surface area contributed by atoms with Gasteiger partial charge in [-0.2, -0.15) is 0 Å². The second kappa shape index (κ2) is 6.96. The van der Waals surface area contributed by atoms with Crippen LogP contribution < -0.4 is 0 Å². The summed E-state index contributed by atoms with van der Waals surface area (Å²) in [5.74, 6) is 1.04. The second-order valence-electron chi connectivity index (χ2n) is 6.99. The number of hydrogen-bond acceptors (Lipinski definition) is 6. The summed E-state index contributed by atoms with van der Waals surface area (Å²) in [5, 5.41) is 3.33. The van der Waals surface area contributed by atoms with Gasteiger partial charge in [-0.15, -0.1) is 11.3 Å². The quantitative estimate of drug-likeness (QED) is 0.851. The number of ether oxygens (including phenoxy) is 1. The fraction of sp³-hybridized carbons (Fsp3) is 0.611. The van der Waals surface area contributed by atoms with Gasteiger partial charge in [0.2, 0.25) is 0 Å². The minimum atomic E-state index is -0.0336. The van der Waals surface area contributed by atoms with Crippen molar-refractivity contribution in [3.63, 3.8) is 0 Å². The number of morpholine rings is 1. The highest BCUT2D eigenvalue weighted by atomic mass is 32.1. The Hall–Kier alpha value is -1.21. The highest BCUT2D eigenvalue weighted by Gasteiger charge is 2.40. The van der Waals surface area contributed by atoms with Gasteiger partial charge in [0, 0.05) is 31.6 Å². The maximum atomic E-state index is 6.30. The Morgan fingerprint density at radius 1 is 1.25 bits per heavy atom. The van der Waals surface area contributed by atoms with Crippen LogP contribution in [0, 0.1) is 6.92 Å². The summed E-state index contributed by atoms with van der Waals surface area (Å²) in [4.78, 5) is 9.60. The van der Waals surface area contributed by atoms with Gasteiger partial charge in [-0.3, -0.25) is 9.80 Å². The van der Waals surface area contributed by atoms with Gasteiger partial charge in [0.1, 0.15) is 5.76 Å². The van der Waals surface area contributed by atoms with Crippen LogP contribution in [0.2, 0.25) is 0 Å². The number of furan rings is 1. The summed E-state index contributed by atoms with van der Waals surface area (Å²) in [5.41, 5.74) is 1.16. The Morgan fingerprint density at radius 3 is 2.88 bits per heavy atom. The van der Waals surface area contributed by atoms with Crippen LogP contribution in [-0.2, 0) is 17.8 Å². The fourth-order valence-electron chi connectivity index (χ4n) is 3.96. The van der Waals surface area contributed by atoms with Crippen molar-refractivity contribution >= 4 is 11.3 Å². The predicted molar refractivity (Wildman–Crippen MR) is 94.0 cm³/mol. The first-order chi connectivity index (χ1) is 11.7. The zero-order valence-corrected chi connectivity index (χ0v) is 15.1. The molecule has 0 aromatic carbocycles. The monoisotopic (exact) mass is 347 g/mol. The average Bonchev–Trinajstić information content (AvgIpc) is 3.19. The van der Waals surface area contributed by atoms with E-state index in [1.54, 1.807) is 17.6 Å². The summed E-state index contributed by atoms with van der Waals surface area (Å²) in [7, 11) is 0. The molecular formula is C18H25N3O2S. The van der Waals surface area contributed by atoms with Gasteiger partial charge in [-0.1, -0.05) is 0 Å². The number of thiazole rings is 1. The van der Waals surface area contributed by atoms with Gasteiger partial charge in [-0.05, 0) is 38.4 Å². The van der Waals surface area contributed by atoms with Crippen molar-refractivity contribution in [2.45, 2.75) is 38.5 Å². The van der Waals surface area contributed by atoms with Crippen molar-refractivity contribution in [1.82, 2.24) is 14.8 Å². The summed E-state index contributed by atoms with van der Waals surface area (Å²) in [6.07, 6.45) is 4.09. The maximum absolute atomic E-state index is 6.30. The third kappa shape index (κ3) is 3.72. The van der Waals surface area contributed by atoms with Crippen molar-refractivity contribution in [2.24, 2.45) is 0 Å². The number of nitrogens with zero attached hydrogens (tertiary/aromatic N) is 3. The number of piperidine rings is 1. The molecule has 0 bridgehead atoms. The first kappa shape index (κ1) is 16.3. The molecule has 2 aromatic rings. The summed E-state index contributed by atoms with van der Waals surface area (Å²) >= 11 is 1.73. The van der Waals surface area contributed by atoms with Crippen LogP contribution >= 0.6 is 11.3 Å². The summed E-state index contributed by atoms with van der Waals surface area (Å²) in [6.45, 7) is 8.80. The van der Waals surface area contributed by atoms with Crippen LogP contribution in [0.5, 0.6) is 0 Å². The van der Waals surface area contributed by atoms with Crippen LogP contribution in [0.15, 0.2) is 28.2 Å². The van der Waals surface area contributed by atoms with E-state index in [4.69, 9.17) is 9.15 Å². The van der Waals surface area contributed by atoms with E-state index >= 15 is 0 Å². The van der Waals surface area contributed by atoms with E-state index in [1.807, 2.05) is 6.07 Å². The van der Waals surface area contributed by atoms with Gasteiger partial charge >= 0.3 is 0 Å². The van der Waals surface area contributed by atoms with Crippen LogP contribution in [0.3, 0.4) is 0 Å². The standard InChI is InChI=1S/C18H25N3O2S/c1-15-19-16(12-24-15)10-20-6-3-5-18(13-20)14-21(7-9-23-18)11-17-4-2-8-22-17/h2,4,8,12H,3,5-7,9-11,13-14H2,1H3.